The van der Waals surface area contributed by atoms with Crippen molar-refractivity contribution >= 4 is 5.97 Å². The van der Waals surface area contributed by atoms with Gasteiger partial charge in [0, 0.05) is 19.2 Å². The molecular formula is C27H28FNO7. The lowest BCUT2D eigenvalue weighted by Gasteiger charge is -2.31. The number of pyridine rings is 1. The second-order valence-electron chi connectivity index (χ2n) is 8.43. The van der Waals surface area contributed by atoms with Gasteiger partial charge in [-0.2, -0.15) is 0 Å². The van der Waals surface area contributed by atoms with Crippen LogP contribution in [-0.4, -0.2) is 40.3 Å². The fraction of sp³-hybridized carbons (Fsp3) is 0.333. The van der Waals surface area contributed by atoms with Gasteiger partial charge < -0.3 is 29.0 Å². The third-order valence-electron chi connectivity index (χ3n) is 5.92. The van der Waals surface area contributed by atoms with Crippen LogP contribution in [-0.2, 0) is 22.6 Å². The molecule has 1 saturated heterocycles. The van der Waals surface area contributed by atoms with Crippen molar-refractivity contribution in [3.63, 3.8) is 0 Å². The van der Waals surface area contributed by atoms with E-state index >= 15 is 0 Å². The van der Waals surface area contributed by atoms with Gasteiger partial charge in [0.25, 0.3) is 0 Å². The summed E-state index contributed by atoms with van der Waals surface area (Å²) in [6.07, 6.45) is 0.702. The number of aromatic carboxylic acids is 1. The SMILES string of the molecule is O=C(O)c1cc(=O)c(OCc2ccccc2)c(C(OC2CCCCO2)c2ccc(F)cc2)n1CCO. The molecule has 0 radical (unpaired) electrons. The van der Waals surface area contributed by atoms with Crippen molar-refractivity contribution in [3.8, 4) is 5.75 Å². The van der Waals surface area contributed by atoms with E-state index in [1.165, 1.54) is 28.8 Å². The number of hydrogen-bond acceptors (Lipinski definition) is 6. The normalized spacial score (nSPS) is 16.4. The molecule has 0 bridgehead atoms. The number of rotatable bonds is 10. The van der Waals surface area contributed by atoms with Crippen LogP contribution in [0.5, 0.6) is 5.75 Å². The molecule has 2 heterocycles. The molecule has 0 amide bonds. The number of aliphatic hydroxyl groups excluding tert-OH is 1. The molecule has 1 aliphatic heterocycles. The van der Waals surface area contributed by atoms with Crippen LogP contribution in [0.15, 0.2) is 65.5 Å². The Morgan fingerprint density at radius 3 is 2.53 bits per heavy atom. The molecule has 1 aliphatic rings. The van der Waals surface area contributed by atoms with Crippen molar-refractivity contribution in [2.24, 2.45) is 0 Å². The lowest BCUT2D eigenvalue weighted by Crippen LogP contribution is -2.30. The second-order valence-corrected chi connectivity index (χ2v) is 8.43. The van der Waals surface area contributed by atoms with Crippen LogP contribution in [0.3, 0.4) is 0 Å². The van der Waals surface area contributed by atoms with Gasteiger partial charge in [-0.3, -0.25) is 4.79 Å². The molecule has 3 aromatic rings. The number of ether oxygens (including phenoxy) is 3. The third kappa shape index (κ3) is 5.99. The first-order valence-corrected chi connectivity index (χ1v) is 11.8. The van der Waals surface area contributed by atoms with E-state index in [0.29, 0.717) is 18.6 Å². The number of aromatic nitrogens is 1. The monoisotopic (exact) mass is 497 g/mol. The Labute approximate surface area is 207 Å². The number of hydrogen-bond donors (Lipinski definition) is 2. The average Bonchev–Trinajstić information content (AvgIpc) is 2.89. The molecule has 2 unspecified atom stereocenters. The zero-order chi connectivity index (χ0) is 25.5. The molecule has 36 heavy (non-hydrogen) atoms. The molecule has 2 atom stereocenters. The summed E-state index contributed by atoms with van der Waals surface area (Å²) in [6, 6.07) is 15.7. The lowest BCUT2D eigenvalue weighted by molar-refractivity contribution is -0.183. The third-order valence-corrected chi connectivity index (χ3v) is 5.92. The summed E-state index contributed by atoms with van der Waals surface area (Å²) in [5.74, 6) is -1.91. The molecule has 1 fully saturated rings. The van der Waals surface area contributed by atoms with Gasteiger partial charge in [0.1, 0.15) is 24.2 Å². The molecule has 1 aromatic heterocycles. The predicted octanol–water partition coefficient (Wildman–Crippen LogP) is 3.89. The molecule has 2 aromatic carbocycles. The first kappa shape index (κ1) is 25.6. The number of aliphatic hydroxyl groups is 1. The maximum Gasteiger partial charge on any atom is 0.352 e. The van der Waals surface area contributed by atoms with E-state index in [9.17, 15) is 24.2 Å². The maximum absolute atomic E-state index is 13.8. The Bertz CT molecular complexity index is 1220. The van der Waals surface area contributed by atoms with Crippen molar-refractivity contribution in [1.82, 2.24) is 4.57 Å². The summed E-state index contributed by atoms with van der Waals surface area (Å²) in [6.45, 7) is 0.0112. The quantitative estimate of drug-likeness (QED) is 0.438. The highest BCUT2D eigenvalue weighted by atomic mass is 19.1. The summed E-state index contributed by atoms with van der Waals surface area (Å²) in [5.41, 5.74) is 0.423. The van der Waals surface area contributed by atoms with Crippen LogP contribution in [0.1, 0.15) is 52.7 Å². The van der Waals surface area contributed by atoms with Gasteiger partial charge in [0.05, 0.1) is 12.3 Å². The van der Waals surface area contributed by atoms with Gasteiger partial charge in [-0.25, -0.2) is 9.18 Å². The predicted molar refractivity (Wildman–Crippen MR) is 128 cm³/mol. The molecule has 9 heteroatoms. The van der Waals surface area contributed by atoms with Crippen LogP contribution in [0, 0.1) is 5.82 Å². The summed E-state index contributed by atoms with van der Waals surface area (Å²) in [4.78, 5) is 25.3. The van der Waals surface area contributed by atoms with Crippen LogP contribution >= 0.6 is 0 Å². The van der Waals surface area contributed by atoms with E-state index in [1.54, 1.807) is 0 Å². The average molecular weight is 498 g/mol. The Morgan fingerprint density at radius 2 is 1.89 bits per heavy atom. The number of nitrogens with zero attached hydrogens (tertiary/aromatic N) is 1. The molecule has 8 nitrogen and oxygen atoms in total. The summed E-state index contributed by atoms with van der Waals surface area (Å²) >= 11 is 0. The second kappa shape index (κ2) is 11.9. The maximum atomic E-state index is 13.8. The molecular weight excluding hydrogens is 469 g/mol. The van der Waals surface area contributed by atoms with E-state index in [0.717, 1.165) is 24.5 Å². The van der Waals surface area contributed by atoms with Crippen LogP contribution < -0.4 is 10.2 Å². The lowest BCUT2D eigenvalue weighted by atomic mass is 10.0. The minimum Gasteiger partial charge on any atom is -0.483 e. The van der Waals surface area contributed by atoms with E-state index in [2.05, 4.69) is 0 Å². The number of carbonyl (C=O) groups is 1. The largest absolute Gasteiger partial charge is 0.483 e. The first-order valence-electron chi connectivity index (χ1n) is 11.8. The van der Waals surface area contributed by atoms with Gasteiger partial charge in [0.2, 0.25) is 5.43 Å². The van der Waals surface area contributed by atoms with E-state index < -0.39 is 36.2 Å². The molecule has 0 spiro atoms. The Balaban J connectivity index is 1.89. The summed E-state index contributed by atoms with van der Waals surface area (Å²) in [5, 5.41) is 19.6. The minimum atomic E-state index is -1.34. The van der Waals surface area contributed by atoms with Crippen LogP contribution in [0.25, 0.3) is 0 Å². The molecule has 0 aliphatic carbocycles. The van der Waals surface area contributed by atoms with Crippen molar-refractivity contribution in [1.29, 1.82) is 0 Å². The highest BCUT2D eigenvalue weighted by molar-refractivity contribution is 5.86. The number of carboxylic acid groups (broad SMARTS) is 1. The van der Waals surface area contributed by atoms with E-state index in [-0.39, 0.29) is 30.3 Å². The molecule has 4 rings (SSSR count). The highest BCUT2D eigenvalue weighted by Crippen LogP contribution is 2.35. The van der Waals surface area contributed by atoms with Gasteiger partial charge in [-0.15, -0.1) is 0 Å². The molecule has 190 valence electrons. The minimum absolute atomic E-state index is 0.0463. The van der Waals surface area contributed by atoms with Gasteiger partial charge in [-0.05, 0) is 42.5 Å². The first-order chi connectivity index (χ1) is 17.5. The zero-order valence-corrected chi connectivity index (χ0v) is 19.6. The van der Waals surface area contributed by atoms with Crippen molar-refractivity contribution in [2.75, 3.05) is 13.2 Å². The molecule has 2 N–H and O–H groups in total. The van der Waals surface area contributed by atoms with Crippen molar-refractivity contribution < 1.29 is 33.6 Å². The standard InChI is InChI=1S/C27H28FNO7/c28-20-11-9-19(10-12-20)25(36-23-8-4-5-15-34-23)24-26(35-17-18-6-2-1-3-7-18)22(31)16-21(27(32)33)29(24)13-14-30/h1-3,6-7,9-12,16,23,25,30H,4-5,8,13-15,17H2,(H,32,33). The smallest absolute Gasteiger partial charge is 0.352 e. The number of benzene rings is 2. The fourth-order valence-corrected chi connectivity index (χ4v) is 4.21. The van der Waals surface area contributed by atoms with Crippen molar-refractivity contribution in [3.05, 3.63) is 99.2 Å². The summed E-state index contributed by atoms with van der Waals surface area (Å²) in [7, 11) is 0. The number of halogens is 1. The Kier molecular flexibility index (Phi) is 8.48. The Morgan fingerprint density at radius 1 is 1.14 bits per heavy atom. The topological polar surface area (TPSA) is 107 Å². The van der Waals surface area contributed by atoms with Crippen LogP contribution in [0.2, 0.25) is 0 Å². The van der Waals surface area contributed by atoms with Gasteiger partial charge in [0.15, 0.2) is 12.0 Å². The summed E-state index contributed by atoms with van der Waals surface area (Å²) < 4.78 is 33.1. The van der Waals surface area contributed by atoms with Gasteiger partial charge in [-0.1, -0.05) is 42.5 Å². The van der Waals surface area contributed by atoms with Gasteiger partial charge >= 0.3 is 5.97 Å². The number of carboxylic acids is 1. The van der Waals surface area contributed by atoms with Crippen molar-refractivity contribution in [2.45, 2.75) is 44.8 Å². The van der Waals surface area contributed by atoms with E-state index in [4.69, 9.17) is 14.2 Å². The molecule has 0 saturated carbocycles. The van der Waals surface area contributed by atoms with E-state index in [1.807, 2.05) is 30.3 Å². The van der Waals surface area contributed by atoms with Crippen LogP contribution in [0.4, 0.5) is 4.39 Å². The Hall–Kier alpha value is -3.53. The zero-order valence-electron chi connectivity index (χ0n) is 19.6. The fourth-order valence-electron chi connectivity index (χ4n) is 4.21. The highest BCUT2D eigenvalue weighted by Gasteiger charge is 2.31.